The molecule has 0 saturated carbocycles. The number of nitrogens with zero attached hydrogens (tertiary/aromatic N) is 1. The van der Waals surface area contributed by atoms with E-state index in [1.54, 1.807) is 43.9 Å². The summed E-state index contributed by atoms with van der Waals surface area (Å²) < 4.78 is 25.0. The Bertz CT molecular complexity index is 1020. The van der Waals surface area contributed by atoms with E-state index >= 15 is 0 Å². The van der Waals surface area contributed by atoms with Crippen LogP contribution in [0.3, 0.4) is 0 Å². The third kappa shape index (κ3) is 8.38. The van der Waals surface area contributed by atoms with Gasteiger partial charge in [-0.3, -0.25) is 9.59 Å². The number of carbonyl (C=O) groups excluding carboxylic acids is 3. The fourth-order valence-electron chi connectivity index (χ4n) is 3.94. The lowest BCUT2D eigenvalue weighted by Crippen LogP contribution is -2.43. The van der Waals surface area contributed by atoms with E-state index in [1.807, 2.05) is 30.3 Å². The summed E-state index contributed by atoms with van der Waals surface area (Å²) in [6.45, 7) is 6.09. The molecule has 1 aliphatic heterocycles. The first kappa shape index (κ1) is 26.2. The van der Waals surface area contributed by atoms with Gasteiger partial charge in [-0.2, -0.15) is 0 Å². The lowest BCUT2D eigenvalue weighted by atomic mass is 10.0. The topological polar surface area (TPSA) is 84.9 Å². The molecule has 2 aromatic rings. The Labute approximate surface area is 205 Å². The first-order valence-electron chi connectivity index (χ1n) is 11.8. The quantitative estimate of drug-likeness (QED) is 0.567. The molecular formula is C27H33FN2O5. The third-order valence-electron chi connectivity index (χ3n) is 5.66. The summed E-state index contributed by atoms with van der Waals surface area (Å²) in [4.78, 5) is 39.5. The molecule has 0 aliphatic carbocycles. The van der Waals surface area contributed by atoms with Crippen LogP contribution in [0.25, 0.3) is 0 Å². The highest BCUT2D eigenvalue weighted by molar-refractivity contribution is 5.80. The summed E-state index contributed by atoms with van der Waals surface area (Å²) in [5, 5.41) is 2.71. The first-order valence-corrected chi connectivity index (χ1v) is 11.8. The number of hydrogen-bond donors (Lipinski definition) is 1. The normalized spacial score (nSPS) is 16.5. The van der Waals surface area contributed by atoms with Crippen LogP contribution in [0.5, 0.6) is 0 Å². The smallest absolute Gasteiger partial charge is 0.407 e. The Morgan fingerprint density at radius 3 is 2.46 bits per heavy atom. The van der Waals surface area contributed by atoms with Crippen LogP contribution in [-0.2, 0) is 32.1 Å². The number of carbonyl (C=O) groups is 3. The van der Waals surface area contributed by atoms with Gasteiger partial charge in [-0.25, -0.2) is 9.18 Å². The molecule has 1 saturated heterocycles. The number of hydrogen-bond acceptors (Lipinski definition) is 5. The fourth-order valence-corrected chi connectivity index (χ4v) is 3.94. The lowest BCUT2D eigenvalue weighted by molar-refractivity contribution is -0.149. The number of likely N-dealkylation sites (tertiary alicyclic amines) is 1. The van der Waals surface area contributed by atoms with E-state index in [2.05, 4.69) is 5.32 Å². The van der Waals surface area contributed by atoms with Gasteiger partial charge < -0.3 is 19.7 Å². The van der Waals surface area contributed by atoms with Gasteiger partial charge in [0.05, 0.1) is 5.92 Å². The van der Waals surface area contributed by atoms with Gasteiger partial charge in [-0.05, 0) is 50.8 Å². The van der Waals surface area contributed by atoms with Crippen molar-refractivity contribution in [2.45, 2.75) is 58.3 Å². The van der Waals surface area contributed by atoms with Crippen molar-refractivity contribution in [3.8, 4) is 0 Å². The third-order valence-corrected chi connectivity index (χ3v) is 5.66. The van der Waals surface area contributed by atoms with Crippen molar-refractivity contribution in [1.29, 1.82) is 0 Å². The molecule has 8 heteroatoms. The molecule has 7 nitrogen and oxygen atoms in total. The van der Waals surface area contributed by atoms with Gasteiger partial charge in [-0.1, -0.05) is 48.5 Å². The molecule has 1 fully saturated rings. The number of ether oxygens (including phenoxy) is 2. The standard InChI is InChI=1S/C27H33FN2O5/c1-27(2,3)35-26(33)29-22(15-20-11-7-8-12-23(20)28)16-24(31)30-14-13-21(17-30)25(32)34-18-19-9-5-4-6-10-19/h4-12,21-22H,13-18H2,1-3H3,(H,29,33)/t21?,22-/m1/s1. The molecule has 35 heavy (non-hydrogen) atoms. The minimum Gasteiger partial charge on any atom is -0.461 e. The molecule has 1 unspecified atom stereocenters. The van der Waals surface area contributed by atoms with Crippen molar-refractivity contribution in [3.05, 3.63) is 71.5 Å². The molecule has 0 bridgehead atoms. The van der Waals surface area contributed by atoms with Crippen LogP contribution < -0.4 is 5.32 Å². The highest BCUT2D eigenvalue weighted by Gasteiger charge is 2.33. The number of rotatable bonds is 8. The number of halogens is 1. The predicted octanol–water partition coefficient (Wildman–Crippen LogP) is 4.24. The molecule has 2 aromatic carbocycles. The number of benzene rings is 2. The van der Waals surface area contributed by atoms with E-state index in [4.69, 9.17) is 9.47 Å². The molecule has 1 N–H and O–H groups in total. The first-order chi connectivity index (χ1) is 16.6. The van der Waals surface area contributed by atoms with Gasteiger partial charge in [0.25, 0.3) is 0 Å². The monoisotopic (exact) mass is 484 g/mol. The van der Waals surface area contributed by atoms with Gasteiger partial charge in [0.15, 0.2) is 0 Å². The van der Waals surface area contributed by atoms with E-state index in [0.29, 0.717) is 18.5 Å². The van der Waals surface area contributed by atoms with Gasteiger partial charge in [0, 0.05) is 25.6 Å². The molecule has 1 heterocycles. The molecular weight excluding hydrogens is 451 g/mol. The highest BCUT2D eigenvalue weighted by atomic mass is 19.1. The Kier molecular flexibility index (Phi) is 8.84. The summed E-state index contributed by atoms with van der Waals surface area (Å²) in [6.07, 6.45) is -0.0695. The van der Waals surface area contributed by atoms with Crippen molar-refractivity contribution >= 4 is 18.0 Å². The molecule has 2 atom stereocenters. The molecule has 0 radical (unpaired) electrons. The van der Waals surface area contributed by atoms with E-state index in [1.165, 1.54) is 6.07 Å². The van der Waals surface area contributed by atoms with Gasteiger partial charge in [0.1, 0.15) is 18.0 Å². The highest BCUT2D eigenvalue weighted by Crippen LogP contribution is 2.21. The van der Waals surface area contributed by atoms with Crippen LogP contribution in [0.1, 0.15) is 44.7 Å². The van der Waals surface area contributed by atoms with Gasteiger partial charge in [0.2, 0.25) is 5.91 Å². The van der Waals surface area contributed by atoms with Crippen molar-refractivity contribution in [2.75, 3.05) is 13.1 Å². The fraction of sp³-hybridized carbons (Fsp3) is 0.444. The molecule has 0 aromatic heterocycles. The number of nitrogens with one attached hydrogen (secondary N) is 1. The molecule has 188 valence electrons. The maximum atomic E-state index is 14.2. The minimum absolute atomic E-state index is 0.0423. The Morgan fingerprint density at radius 1 is 1.09 bits per heavy atom. The largest absolute Gasteiger partial charge is 0.461 e. The average molecular weight is 485 g/mol. The van der Waals surface area contributed by atoms with Crippen LogP contribution in [0.2, 0.25) is 0 Å². The lowest BCUT2D eigenvalue weighted by Gasteiger charge is -2.25. The van der Waals surface area contributed by atoms with Crippen molar-refractivity contribution in [3.63, 3.8) is 0 Å². The van der Waals surface area contributed by atoms with E-state index < -0.39 is 29.5 Å². The van der Waals surface area contributed by atoms with Gasteiger partial charge in [-0.15, -0.1) is 0 Å². The predicted molar refractivity (Wildman–Crippen MR) is 129 cm³/mol. The van der Waals surface area contributed by atoms with E-state index in [-0.39, 0.29) is 37.9 Å². The molecule has 2 amide bonds. The van der Waals surface area contributed by atoms with E-state index in [9.17, 15) is 18.8 Å². The van der Waals surface area contributed by atoms with Crippen LogP contribution in [-0.4, -0.2) is 47.6 Å². The summed E-state index contributed by atoms with van der Waals surface area (Å²) in [6, 6.07) is 15.0. The molecule has 1 aliphatic rings. The molecule has 3 rings (SSSR count). The summed E-state index contributed by atoms with van der Waals surface area (Å²) >= 11 is 0. The maximum absolute atomic E-state index is 14.2. The minimum atomic E-state index is -0.709. The number of alkyl carbamates (subject to hydrolysis) is 1. The van der Waals surface area contributed by atoms with Crippen LogP contribution in [0.4, 0.5) is 9.18 Å². The van der Waals surface area contributed by atoms with E-state index in [0.717, 1.165) is 5.56 Å². The zero-order valence-electron chi connectivity index (χ0n) is 20.5. The van der Waals surface area contributed by atoms with Crippen molar-refractivity contribution < 1.29 is 28.2 Å². The Balaban J connectivity index is 1.58. The number of esters is 1. The second-order valence-electron chi connectivity index (χ2n) is 9.76. The van der Waals surface area contributed by atoms with Gasteiger partial charge >= 0.3 is 12.1 Å². The zero-order chi connectivity index (χ0) is 25.4. The second kappa shape index (κ2) is 11.8. The van der Waals surface area contributed by atoms with Crippen molar-refractivity contribution in [2.24, 2.45) is 5.92 Å². The zero-order valence-corrected chi connectivity index (χ0v) is 20.5. The summed E-state index contributed by atoms with van der Waals surface area (Å²) in [5.41, 5.74) is 0.583. The Morgan fingerprint density at radius 2 is 1.77 bits per heavy atom. The SMILES string of the molecule is CC(C)(C)OC(=O)N[C@@H](CC(=O)N1CCC(C(=O)OCc2ccccc2)C1)Cc1ccccc1F. The van der Waals surface area contributed by atoms with Crippen LogP contribution in [0.15, 0.2) is 54.6 Å². The van der Waals surface area contributed by atoms with Crippen LogP contribution in [0, 0.1) is 11.7 Å². The van der Waals surface area contributed by atoms with Crippen molar-refractivity contribution in [1.82, 2.24) is 10.2 Å². The van der Waals surface area contributed by atoms with Crippen LogP contribution >= 0.6 is 0 Å². The summed E-state index contributed by atoms with van der Waals surface area (Å²) in [5.74, 6) is -1.36. The second-order valence-corrected chi connectivity index (χ2v) is 9.76. The Hall–Kier alpha value is -3.42. The summed E-state index contributed by atoms with van der Waals surface area (Å²) in [7, 11) is 0. The average Bonchev–Trinajstić information content (AvgIpc) is 3.29. The molecule has 0 spiro atoms. The maximum Gasteiger partial charge on any atom is 0.407 e. The number of amides is 2.